The summed E-state index contributed by atoms with van der Waals surface area (Å²) in [4.78, 5) is 14.6. The Morgan fingerprint density at radius 3 is 2.65 bits per heavy atom. The van der Waals surface area contributed by atoms with Crippen molar-refractivity contribution in [3.8, 4) is 11.4 Å². The fourth-order valence-electron chi connectivity index (χ4n) is 4.99. The van der Waals surface area contributed by atoms with E-state index in [9.17, 15) is 9.18 Å². The van der Waals surface area contributed by atoms with Crippen LogP contribution in [0.5, 0.6) is 5.75 Å². The third-order valence-electron chi connectivity index (χ3n) is 6.67. The van der Waals surface area contributed by atoms with E-state index < -0.39 is 11.7 Å². The Morgan fingerprint density at radius 2 is 1.95 bits per heavy atom. The average molecular weight is 525 g/mol. The zero-order valence-electron chi connectivity index (χ0n) is 21.4. The Kier molecular flexibility index (Phi) is 6.70. The van der Waals surface area contributed by atoms with Crippen LogP contribution < -0.4 is 4.74 Å². The van der Waals surface area contributed by atoms with Crippen LogP contribution in [0, 0.1) is 5.82 Å². The van der Waals surface area contributed by atoms with Gasteiger partial charge >= 0.3 is 6.09 Å². The van der Waals surface area contributed by atoms with Crippen molar-refractivity contribution in [1.29, 1.82) is 0 Å². The van der Waals surface area contributed by atoms with Gasteiger partial charge in [0, 0.05) is 16.5 Å². The number of hydrogen-bond donors (Lipinski definition) is 0. The van der Waals surface area contributed by atoms with E-state index >= 15 is 0 Å². The van der Waals surface area contributed by atoms with Crippen LogP contribution in [0.25, 0.3) is 11.3 Å². The summed E-state index contributed by atoms with van der Waals surface area (Å²) in [6, 6.07) is 10.3. The van der Waals surface area contributed by atoms with Gasteiger partial charge in [0.1, 0.15) is 23.0 Å². The van der Waals surface area contributed by atoms with Crippen molar-refractivity contribution in [2.24, 2.45) is 0 Å². The number of carbonyl (C=O) groups excluding carboxylic acids is 1. The Bertz CT molecular complexity index is 1380. The molecule has 5 rings (SSSR count). The van der Waals surface area contributed by atoms with Crippen molar-refractivity contribution < 1.29 is 18.7 Å². The first-order valence-electron chi connectivity index (χ1n) is 12.4. The van der Waals surface area contributed by atoms with Crippen LogP contribution in [0.2, 0.25) is 5.02 Å². The van der Waals surface area contributed by atoms with Gasteiger partial charge in [0.05, 0.1) is 25.9 Å². The molecule has 7 nitrogen and oxygen atoms in total. The van der Waals surface area contributed by atoms with E-state index in [1.165, 1.54) is 12.1 Å². The first-order chi connectivity index (χ1) is 17.6. The van der Waals surface area contributed by atoms with Crippen molar-refractivity contribution in [2.75, 3.05) is 7.11 Å². The maximum atomic E-state index is 14.0. The summed E-state index contributed by atoms with van der Waals surface area (Å²) in [6.07, 6.45) is 4.03. The maximum absolute atomic E-state index is 14.0. The summed E-state index contributed by atoms with van der Waals surface area (Å²) in [7, 11) is 1.60. The second-order valence-electron chi connectivity index (χ2n) is 10.5. The topological polar surface area (TPSA) is 69.5 Å². The van der Waals surface area contributed by atoms with Crippen LogP contribution in [0.15, 0.2) is 42.5 Å². The first kappa shape index (κ1) is 25.3. The zero-order chi connectivity index (χ0) is 26.3. The number of aromatic nitrogens is 3. The standard InChI is InChI=1S/C28H30ClFN4O3/c1-28(2,3)37-27(35)33-15-19-13-20(29)9-11-23(19)34-25(16-33)31-32-26(34)18-7-5-17(6-8-18)22-14-21(30)10-12-24(22)36-4/h5,9-14,18H,6-8,15-16H2,1-4H3/t18-/m1/s1. The minimum absolute atomic E-state index is 0.112. The van der Waals surface area contributed by atoms with Crippen LogP contribution in [0.3, 0.4) is 0 Å². The van der Waals surface area contributed by atoms with E-state index in [0.717, 1.165) is 47.5 Å². The van der Waals surface area contributed by atoms with Crippen LogP contribution >= 0.6 is 11.6 Å². The molecule has 9 heteroatoms. The molecule has 1 aromatic heterocycles. The summed E-state index contributed by atoms with van der Waals surface area (Å²) in [5.74, 6) is 2.00. The molecule has 1 aliphatic carbocycles. The van der Waals surface area contributed by atoms with Gasteiger partial charge < -0.3 is 9.47 Å². The fourth-order valence-corrected chi connectivity index (χ4v) is 5.19. The van der Waals surface area contributed by atoms with Gasteiger partial charge in [0.25, 0.3) is 0 Å². The molecular weight excluding hydrogens is 495 g/mol. The number of rotatable bonds is 3. The zero-order valence-corrected chi connectivity index (χ0v) is 22.2. The van der Waals surface area contributed by atoms with Gasteiger partial charge in [-0.15, -0.1) is 10.2 Å². The Hall–Kier alpha value is -3.39. The normalized spacial score (nSPS) is 17.4. The van der Waals surface area contributed by atoms with Crippen LogP contribution in [0.1, 0.15) is 68.7 Å². The molecule has 37 heavy (non-hydrogen) atoms. The Labute approximate surface area is 220 Å². The molecule has 1 aliphatic heterocycles. The Morgan fingerprint density at radius 1 is 1.14 bits per heavy atom. The second kappa shape index (κ2) is 9.82. The van der Waals surface area contributed by atoms with Gasteiger partial charge in [-0.05, 0) is 87.6 Å². The van der Waals surface area contributed by atoms with E-state index in [-0.39, 0.29) is 18.3 Å². The number of carbonyl (C=O) groups is 1. The maximum Gasteiger partial charge on any atom is 0.411 e. The molecule has 0 unspecified atom stereocenters. The summed E-state index contributed by atoms with van der Waals surface area (Å²) >= 11 is 6.34. The molecule has 2 heterocycles. The van der Waals surface area contributed by atoms with Gasteiger partial charge in [0.2, 0.25) is 0 Å². The molecule has 0 radical (unpaired) electrons. The lowest BCUT2D eigenvalue weighted by atomic mass is 9.85. The monoisotopic (exact) mass is 524 g/mol. The smallest absolute Gasteiger partial charge is 0.411 e. The lowest BCUT2D eigenvalue weighted by Gasteiger charge is -2.26. The van der Waals surface area contributed by atoms with Gasteiger partial charge in [-0.25, -0.2) is 9.18 Å². The molecule has 0 saturated carbocycles. The van der Waals surface area contributed by atoms with Gasteiger partial charge in [-0.1, -0.05) is 17.7 Å². The molecule has 1 amide bonds. The number of hydrogen-bond acceptors (Lipinski definition) is 5. The molecule has 0 spiro atoms. The summed E-state index contributed by atoms with van der Waals surface area (Å²) < 4.78 is 27.1. The van der Waals surface area contributed by atoms with Gasteiger partial charge in [0.15, 0.2) is 5.82 Å². The molecule has 2 aromatic carbocycles. The van der Waals surface area contributed by atoms with E-state index in [0.29, 0.717) is 23.1 Å². The highest BCUT2D eigenvalue weighted by atomic mass is 35.5. The van der Waals surface area contributed by atoms with E-state index in [2.05, 4.69) is 20.8 Å². The number of benzene rings is 2. The first-order valence-corrected chi connectivity index (χ1v) is 12.7. The van der Waals surface area contributed by atoms with Gasteiger partial charge in [-0.3, -0.25) is 9.47 Å². The third-order valence-corrected chi connectivity index (χ3v) is 6.90. The van der Waals surface area contributed by atoms with Crippen molar-refractivity contribution in [3.63, 3.8) is 0 Å². The molecule has 0 fully saturated rings. The van der Waals surface area contributed by atoms with Crippen molar-refractivity contribution in [2.45, 2.75) is 64.6 Å². The lowest BCUT2D eigenvalue weighted by Crippen LogP contribution is -2.35. The number of ether oxygens (including phenoxy) is 2. The third kappa shape index (κ3) is 5.21. The summed E-state index contributed by atoms with van der Waals surface area (Å²) in [6.45, 7) is 6.15. The Balaban J connectivity index is 1.48. The van der Waals surface area contributed by atoms with Crippen molar-refractivity contribution in [1.82, 2.24) is 19.7 Å². The number of methoxy groups -OCH3 is 1. The minimum atomic E-state index is -0.615. The number of nitrogens with zero attached hydrogens (tertiary/aromatic N) is 4. The highest BCUT2D eigenvalue weighted by Gasteiger charge is 2.32. The molecule has 194 valence electrons. The number of amides is 1. The van der Waals surface area contributed by atoms with E-state index in [1.54, 1.807) is 18.1 Å². The molecule has 0 saturated heterocycles. The van der Waals surface area contributed by atoms with Gasteiger partial charge in [-0.2, -0.15) is 0 Å². The lowest BCUT2D eigenvalue weighted by molar-refractivity contribution is 0.0214. The van der Waals surface area contributed by atoms with Crippen LogP contribution in [0.4, 0.5) is 9.18 Å². The number of halogens is 2. The molecule has 0 N–H and O–H groups in total. The molecule has 0 bridgehead atoms. The van der Waals surface area contributed by atoms with Crippen LogP contribution in [-0.2, 0) is 17.8 Å². The second-order valence-corrected chi connectivity index (χ2v) is 10.9. The van der Waals surface area contributed by atoms with Crippen molar-refractivity contribution >= 4 is 23.3 Å². The predicted octanol–water partition coefficient (Wildman–Crippen LogP) is 6.67. The van der Waals surface area contributed by atoms with E-state index in [4.69, 9.17) is 21.1 Å². The molecule has 1 atom stereocenters. The van der Waals surface area contributed by atoms with Crippen LogP contribution in [-0.4, -0.2) is 38.5 Å². The summed E-state index contributed by atoms with van der Waals surface area (Å²) in [5, 5.41) is 9.68. The SMILES string of the molecule is COc1ccc(F)cc1C1=CC[C@@H](c2nnc3n2-c2ccc(Cl)cc2CN(C(=O)OC(C)(C)C)C3)CC1. The average Bonchev–Trinajstić information content (AvgIpc) is 3.18. The highest BCUT2D eigenvalue weighted by Crippen LogP contribution is 2.40. The van der Waals surface area contributed by atoms with Crippen molar-refractivity contribution in [3.05, 3.63) is 76.1 Å². The highest BCUT2D eigenvalue weighted by molar-refractivity contribution is 6.30. The van der Waals surface area contributed by atoms with E-state index in [1.807, 2.05) is 39.0 Å². The largest absolute Gasteiger partial charge is 0.496 e. The number of fused-ring (bicyclic) bond motifs is 3. The predicted molar refractivity (Wildman–Crippen MR) is 139 cm³/mol. The fraction of sp³-hybridized carbons (Fsp3) is 0.393. The quantitative estimate of drug-likeness (QED) is 0.382. The molecular formula is C28H30ClFN4O3. The molecule has 2 aliphatic rings. The number of allylic oxidation sites excluding steroid dienone is 2. The molecule has 3 aromatic rings. The summed E-state index contributed by atoms with van der Waals surface area (Å²) in [5.41, 5.74) is 3.04. The minimum Gasteiger partial charge on any atom is -0.496 e.